The highest BCUT2D eigenvalue weighted by Crippen LogP contribution is 2.32. The highest BCUT2D eigenvalue weighted by molar-refractivity contribution is 9.09. The van der Waals surface area contributed by atoms with Crippen LogP contribution in [-0.4, -0.2) is 11.4 Å². The Bertz CT molecular complexity index is 524. The van der Waals surface area contributed by atoms with Crippen molar-refractivity contribution in [2.24, 2.45) is 0 Å². The fourth-order valence-corrected chi connectivity index (χ4v) is 3.43. The zero-order chi connectivity index (χ0) is 12.4. The molecular weight excluding hydrogens is 286 g/mol. The molecule has 0 N–H and O–H groups in total. The molecule has 1 aliphatic rings. The van der Waals surface area contributed by atoms with Gasteiger partial charge in [-0.05, 0) is 16.7 Å². The SMILES string of the molecule is BrC1CN(Cc2ccccc2)Cc2ccccc21. The van der Waals surface area contributed by atoms with Gasteiger partial charge in [0.05, 0.1) is 4.83 Å². The predicted molar refractivity (Wildman–Crippen MR) is 78.7 cm³/mol. The van der Waals surface area contributed by atoms with Gasteiger partial charge in [0.15, 0.2) is 0 Å². The topological polar surface area (TPSA) is 3.24 Å². The number of benzene rings is 2. The number of hydrogen-bond donors (Lipinski definition) is 0. The molecule has 2 heteroatoms. The van der Waals surface area contributed by atoms with Crippen LogP contribution in [-0.2, 0) is 13.1 Å². The second kappa shape index (κ2) is 5.25. The molecule has 18 heavy (non-hydrogen) atoms. The summed E-state index contributed by atoms with van der Waals surface area (Å²) in [6.45, 7) is 3.15. The first-order valence-electron chi connectivity index (χ1n) is 6.31. The third kappa shape index (κ3) is 2.50. The molecule has 0 saturated carbocycles. The molecule has 92 valence electrons. The lowest BCUT2D eigenvalue weighted by Gasteiger charge is -2.32. The number of fused-ring (bicyclic) bond motifs is 1. The highest BCUT2D eigenvalue weighted by Gasteiger charge is 2.22. The van der Waals surface area contributed by atoms with E-state index in [9.17, 15) is 0 Å². The Morgan fingerprint density at radius 3 is 2.56 bits per heavy atom. The highest BCUT2D eigenvalue weighted by atomic mass is 79.9. The van der Waals surface area contributed by atoms with E-state index in [1.807, 2.05) is 0 Å². The van der Waals surface area contributed by atoms with Crippen LogP contribution in [0, 0.1) is 0 Å². The normalized spacial score (nSPS) is 19.5. The maximum atomic E-state index is 3.80. The number of nitrogens with zero attached hydrogens (tertiary/aromatic N) is 1. The van der Waals surface area contributed by atoms with Crippen LogP contribution in [0.15, 0.2) is 54.6 Å². The molecule has 3 rings (SSSR count). The van der Waals surface area contributed by atoms with E-state index in [1.54, 1.807) is 0 Å². The zero-order valence-electron chi connectivity index (χ0n) is 10.2. The molecule has 1 nitrogen and oxygen atoms in total. The lowest BCUT2D eigenvalue weighted by atomic mass is 9.99. The van der Waals surface area contributed by atoms with Gasteiger partial charge < -0.3 is 0 Å². The fraction of sp³-hybridized carbons (Fsp3) is 0.250. The Morgan fingerprint density at radius 2 is 1.72 bits per heavy atom. The molecule has 0 fully saturated rings. The first-order chi connectivity index (χ1) is 8.83. The minimum Gasteiger partial charge on any atom is -0.293 e. The average Bonchev–Trinajstić information content (AvgIpc) is 2.40. The van der Waals surface area contributed by atoms with Crippen molar-refractivity contribution in [2.75, 3.05) is 6.54 Å². The molecule has 0 aliphatic carbocycles. The molecule has 0 amide bonds. The van der Waals surface area contributed by atoms with Crippen LogP contribution >= 0.6 is 15.9 Å². The zero-order valence-corrected chi connectivity index (χ0v) is 11.8. The summed E-state index contributed by atoms with van der Waals surface area (Å²) in [4.78, 5) is 2.95. The van der Waals surface area contributed by atoms with Gasteiger partial charge in [-0.25, -0.2) is 0 Å². The van der Waals surface area contributed by atoms with E-state index in [4.69, 9.17) is 0 Å². The van der Waals surface area contributed by atoms with Gasteiger partial charge in [0.1, 0.15) is 0 Å². The Balaban J connectivity index is 1.78. The van der Waals surface area contributed by atoms with E-state index < -0.39 is 0 Å². The van der Waals surface area contributed by atoms with Crippen molar-refractivity contribution in [2.45, 2.75) is 17.9 Å². The van der Waals surface area contributed by atoms with Crippen molar-refractivity contribution in [3.8, 4) is 0 Å². The predicted octanol–water partition coefficient (Wildman–Crippen LogP) is 4.14. The fourth-order valence-electron chi connectivity index (χ4n) is 2.58. The van der Waals surface area contributed by atoms with Gasteiger partial charge in [0.2, 0.25) is 0 Å². The van der Waals surface area contributed by atoms with Crippen LogP contribution in [0.3, 0.4) is 0 Å². The van der Waals surface area contributed by atoms with E-state index in [2.05, 4.69) is 75.4 Å². The number of halogens is 1. The third-order valence-electron chi connectivity index (χ3n) is 3.45. The van der Waals surface area contributed by atoms with Crippen LogP contribution in [0.2, 0.25) is 0 Å². The lowest BCUT2D eigenvalue weighted by molar-refractivity contribution is 0.244. The quantitative estimate of drug-likeness (QED) is 0.754. The van der Waals surface area contributed by atoms with Crippen molar-refractivity contribution in [1.29, 1.82) is 0 Å². The van der Waals surface area contributed by atoms with E-state index in [0.717, 1.165) is 19.6 Å². The molecule has 2 aromatic carbocycles. The smallest absolute Gasteiger partial charge is 0.0525 e. The van der Waals surface area contributed by atoms with Crippen LogP contribution in [0.5, 0.6) is 0 Å². The van der Waals surface area contributed by atoms with Crippen molar-refractivity contribution >= 4 is 15.9 Å². The van der Waals surface area contributed by atoms with Crippen molar-refractivity contribution in [3.05, 3.63) is 71.3 Å². The van der Waals surface area contributed by atoms with E-state index >= 15 is 0 Å². The molecular formula is C16H16BrN. The van der Waals surface area contributed by atoms with Crippen LogP contribution in [0.4, 0.5) is 0 Å². The monoisotopic (exact) mass is 301 g/mol. The molecule has 0 bridgehead atoms. The van der Waals surface area contributed by atoms with Gasteiger partial charge in [-0.2, -0.15) is 0 Å². The largest absolute Gasteiger partial charge is 0.293 e. The Kier molecular flexibility index (Phi) is 3.48. The summed E-state index contributed by atoms with van der Waals surface area (Å²) in [5, 5.41) is 0. The summed E-state index contributed by atoms with van der Waals surface area (Å²) in [5.41, 5.74) is 4.28. The van der Waals surface area contributed by atoms with Crippen LogP contribution in [0.25, 0.3) is 0 Å². The Morgan fingerprint density at radius 1 is 1.00 bits per heavy atom. The van der Waals surface area contributed by atoms with Crippen LogP contribution in [0.1, 0.15) is 21.5 Å². The van der Waals surface area contributed by atoms with E-state index in [0.29, 0.717) is 4.83 Å². The molecule has 1 aliphatic heterocycles. The molecule has 0 saturated heterocycles. The van der Waals surface area contributed by atoms with Gasteiger partial charge in [-0.3, -0.25) is 4.90 Å². The van der Waals surface area contributed by atoms with Gasteiger partial charge in [-0.15, -0.1) is 0 Å². The number of hydrogen-bond acceptors (Lipinski definition) is 1. The van der Waals surface area contributed by atoms with Crippen molar-refractivity contribution < 1.29 is 0 Å². The van der Waals surface area contributed by atoms with Crippen molar-refractivity contribution in [3.63, 3.8) is 0 Å². The van der Waals surface area contributed by atoms with E-state index in [-0.39, 0.29) is 0 Å². The first-order valence-corrected chi connectivity index (χ1v) is 7.22. The second-order valence-corrected chi connectivity index (χ2v) is 5.93. The maximum absolute atomic E-state index is 3.80. The summed E-state index contributed by atoms with van der Waals surface area (Å²) in [7, 11) is 0. The molecule has 1 unspecified atom stereocenters. The molecule has 2 aromatic rings. The summed E-state index contributed by atoms with van der Waals surface area (Å²) in [6, 6.07) is 19.4. The van der Waals surface area contributed by atoms with Crippen molar-refractivity contribution in [1.82, 2.24) is 4.90 Å². The molecule has 1 atom stereocenters. The minimum atomic E-state index is 0.450. The molecule has 0 radical (unpaired) electrons. The van der Waals surface area contributed by atoms with Gasteiger partial charge in [-0.1, -0.05) is 70.5 Å². The third-order valence-corrected chi connectivity index (χ3v) is 4.24. The maximum Gasteiger partial charge on any atom is 0.0525 e. The molecule has 0 spiro atoms. The summed E-state index contributed by atoms with van der Waals surface area (Å²) < 4.78 is 0. The average molecular weight is 302 g/mol. The molecule has 1 heterocycles. The van der Waals surface area contributed by atoms with Crippen LogP contribution < -0.4 is 0 Å². The van der Waals surface area contributed by atoms with E-state index in [1.165, 1.54) is 16.7 Å². The van der Waals surface area contributed by atoms with Gasteiger partial charge in [0, 0.05) is 19.6 Å². The lowest BCUT2D eigenvalue weighted by Crippen LogP contribution is -2.31. The first kappa shape index (κ1) is 11.9. The summed E-state index contributed by atoms with van der Waals surface area (Å²) in [6.07, 6.45) is 0. The summed E-state index contributed by atoms with van der Waals surface area (Å²) >= 11 is 3.80. The summed E-state index contributed by atoms with van der Waals surface area (Å²) in [5.74, 6) is 0. The number of alkyl halides is 1. The standard InChI is InChI=1S/C16H16BrN/c17-16-12-18(10-13-6-2-1-3-7-13)11-14-8-4-5-9-15(14)16/h1-9,16H,10-12H2. The Labute approximate surface area is 117 Å². The van der Waals surface area contributed by atoms with Gasteiger partial charge in [0.25, 0.3) is 0 Å². The van der Waals surface area contributed by atoms with Gasteiger partial charge >= 0.3 is 0 Å². The second-order valence-electron chi connectivity index (χ2n) is 4.82. The number of rotatable bonds is 2. The minimum absolute atomic E-state index is 0.450. The molecule has 0 aromatic heterocycles. The Hall–Kier alpha value is -1.12.